The van der Waals surface area contributed by atoms with Crippen LogP contribution in [0.3, 0.4) is 0 Å². The van der Waals surface area contributed by atoms with Gasteiger partial charge in [0, 0.05) is 28.7 Å². The molecule has 0 unspecified atom stereocenters. The van der Waals surface area contributed by atoms with E-state index in [1.54, 1.807) is 18.2 Å². The van der Waals surface area contributed by atoms with Crippen molar-refractivity contribution in [3.8, 4) is 17.8 Å². The zero-order valence-corrected chi connectivity index (χ0v) is 19.5. The van der Waals surface area contributed by atoms with Crippen molar-refractivity contribution in [2.45, 2.75) is 13.5 Å². The lowest BCUT2D eigenvalue weighted by Gasteiger charge is -2.09. The minimum atomic E-state index is -0.280. The van der Waals surface area contributed by atoms with Crippen molar-refractivity contribution in [3.63, 3.8) is 0 Å². The van der Waals surface area contributed by atoms with Gasteiger partial charge in [-0.25, -0.2) is 9.07 Å². The molecule has 0 aliphatic rings. The number of anilines is 1. The summed E-state index contributed by atoms with van der Waals surface area (Å²) in [6, 6.07) is 27.9. The lowest BCUT2D eigenvalue weighted by molar-refractivity contribution is 0.626. The molecule has 7 heteroatoms. The summed E-state index contributed by atoms with van der Waals surface area (Å²) in [5.41, 5.74) is 11.3. The number of para-hydroxylation sites is 2. The van der Waals surface area contributed by atoms with E-state index in [1.165, 1.54) is 16.8 Å². The normalized spacial score (nSPS) is 11.4. The van der Waals surface area contributed by atoms with Gasteiger partial charge >= 0.3 is 0 Å². The molecule has 0 amide bonds. The number of allylic oxidation sites excluding steroid dienone is 1. The molecule has 0 saturated heterocycles. The van der Waals surface area contributed by atoms with E-state index in [0.29, 0.717) is 12.2 Å². The molecule has 3 aromatic carbocycles. The fourth-order valence-electron chi connectivity index (χ4n) is 4.41. The summed E-state index contributed by atoms with van der Waals surface area (Å²) < 4.78 is 17.0. The molecule has 0 radical (unpaired) electrons. The summed E-state index contributed by atoms with van der Waals surface area (Å²) in [6.07, 6.45) is 1.76. The number of hydrogen-bond acceptors (Lipinski definition) is 4. The fourth-order valence-corrected chi connectivity index (χ4v) is 4.41. The van der Waals surface area contributed by atoms with E-state index < -0.39 is 0 Å². The van der Waals surface area contributed by atoms with E-state index in [-0.39, 0.29) is 28.5 Å². The van der Waals surface area contributed by atoms with Crippen molar-refractivity contribution in [2.24, 2.45) is 0 Å². The monoisotopic (exact) mass is 472 g/mol. The largest absolute Gasteiger partial charge is 0.382 e. The van der Waals surface area contributed by atoms with Crippen molar-refractivity contribution in [3.05, 3.63) is 113 Å². The second kappa shape index (κ2) is 9.25. The predicted molar refractivity (Wildman–Crippen MR) is 138 cm³/mol. The van der Waals surface area contributed by atoms with Crippen LogP contribution < -0.4 is 5.73 Å². The average molecular weight is 473 g/mol. The summed E-state index contributed by atoms with van der Waals surface area (Å²) in [4.78, 5) is 0. The van der Waals surface area contributed by atoms with Crippen LogP contribution in [-0.4, -0.2) is 14.3 Å². The second-order valence-corrected chi connectivity index (χ2v) is 8.37. The zero-order valence-electron chi connectivity index (χ0n) is 19.5. The Morgan fingerprint density at radius 3 is 2.39 bits per heavy atom. The highest BCUT2D eigenvalue weighted by Gasteiger charge is 2.21. The summed E-state index contributed by atoms with van der Waals surface area (Å²) in [5, 5.41) is 25.4. The third-order valence-electron chi connectivity index (χ3n) is 6.23. The Bertz CT molecular complexity index is 1690. The third kappa shape index (κ3) is 3.89. The van der Waals surface area contributed by atoms with Crippen molar-refractivity contribution in [2.75, 3.05) is 5.73 Å². The first-order valence-electron chi connectivity index (χ1n) is 11.3. The first-order valence-corrected chi connectivity index (χ1v) is 11.3. The SMILES string of the molecule is Cc1c(C=C(C#N)c2nn(-c3ccccc3)c(N)c2C#N)c2ccccc2n1Cc1ccc(F)cc1. The van der Waals surface area contributed by atoms with Gasteiger partial charge in [-0.2, -0.15) is 15.6 Å². The van der Waals surface area contributed by atoms with Crippen molar-refractivity contribution < 1.29 is 4.39 Å². The molecule has 2 aromatic heterocycles. The van der Waals surface area contributed by atoms with Crippen LogP contribution in [0.2, 0.25) is 0 Å². The van der Waals surface area contributed by atoms with Gasteiger partial charge in [0.1, 0.15) is 35.0 Å². The fraction of sp³-hybridized carbons (Fsp3) is 0.0690. The van der Waals surface area contributed by atoms with Crippen LogP contribution in [0.4, 0.5) is 10.2 Å². The molecule has 5 aromatic rings. The number of benzene rings is 3. The van der Waals surface area contributed by atoms with E-state index in [9.17, 15) is 14.9 Å². The molecule has 6 nitrogen and oxygen atoms in total. The maximum atomic E-state index is 13.4. The summed E-state index contributed by atoms with van der Waals surface area (Å²) >= 11 is 0. The Kier molecular flexibility index (Phi) is 5.82. The molecular weight excluding hydrogens is 451 g/mol. The zero-order chi connectivity index (χ0) is 25.2. The maximum absolute atomic E-state index is 13.4. The van der Waals surface area contributed by atoms with Gasteiger partial charge in [-0.1, -0.05) is 48.5 Å². The lowest BCUT2D eigenvalue weighted by Crippen LogP contribution is -2.02. The molecule has 5 rings (SSSR count). The van der Waals surface area contributed by atoms with E-state index in [1.807, 2.05) is 61.5 Å². The van der Waals surface area contributed by atoms with E-state index >= 15 is 0 Å². The Labute approximate surface area is 207 Å². The highest BCUT2D eigenvalue weighted by atomic mass is 19.1. The number of nitrogens with zero attached hydrogens (tertiary/aromatic N) is 5. The van der Waals surface area contributed by atoms with Gasteiger partial charge in [-0.15, -0.1) is 0 Å². The van der Waals surface area contributed by atoms with Crippen LogP contribution in [-0.2, 0) is 6.54 Å². The topological polar surface area (TPSA) is 96.3 Å². The van der Waals surface area contributed by atoms with Crippen LogP contribution in [0.25, 0.3) is 28.2 Å². The predicted octanol–water partition coefficient (Wildman–Crippen LogP) is 5.84. The molecule has 0 aliphatic carbocycles. The maximum Gasteiger partial charge on any atom is 0.145 e. The molecule has 0 saturated carbocycles. The Morgan fingerprint density at radius 2 is 1.69 bits per heavy atom. The van der Waals surface area contributed by atoms with Crippen LogP contribution in [0, 0.1) is 35.4 Å². The van der Waals surface area contributed by atoms with Crippen LogP contribution >= 0.6 is 0 Å². The molecular formula is C29H21FN6. The Morgan fingerprint density at radius 1 is 1.00 bits per heavy atom. The van der Waals surface area contributed by atoms with E-state index in [0.717, 1.165) is 27.7 Å². The molecule has 0 atom stereocenters. The van der Waals surface area contributed by atoms with Crippen LogP contribution in [0.1, 0.15) is 28.1 Å². The number of rotatable bonds is 5. The molecule has 174 valence electrons. The molecule has 0 fully saturated rings. The minimum Gasteiger partial charge on any atom is -0.382 e. The molecule has 0 aliphatic heterocycles. The lowest BCUT2D eigenvalue weighted by atomic mass is 10.0. The highest BCUT2D eigenvalue weighted by Crippen LogP contribution is 2.32. The third-order valence-corrected chi connectivity index (χ3v) is 6.23. The first kappa shape index (κ1) is 22.6. The van der Waals surface area contributed by atoms with Crippen molar-refractivity contribution >= 4 is 28.4 Å². The Balaban J connectivity index is 1.66. The number of halogens is 1. The molecule has 36 heavy (non-hydrogen) atoms. The number of nitriles is 2. The summed E-state index contributed by atoms with van der Waals surface area (Å²) in [7, 11) is 0. The smallest absolute Gasteiger partial charge is 0.145 e. The average Bonchev–Trinajstić information content (AvgIpc) is 3.37. The van der Waals surface area contributed by atoms with Crippen molar-refractivity contribution in [1.29, 1.82) is 10.5 Å². The highest BCUT2D eigenvalue weighted by molar-refractivity contribution is 6.00. The number of nitrogen functional groups attached to an aromatic ring is 1. The number of fused-ring (bicyclic) bond motifs is 1. The number of hydrogen-bond donors (Lipinski definition) is 1. The Hall–Kier alpha value is -5.14. The van der Waals surface area contributed by atoms with Crippen molar-refractivity contribution in [1.82, 2.24) is 14.3 Å². The number of aromatic nitrogens is 3. The minimum absolute atomic E-state index is 0.152. The molecule has 0 bridgehead atoms. The van der Waals surface area contributed by atoms with Gasteiger partial charge in [0.15, 0.2) is 0 Å². The summed E-state index contributed by atoms with van der Waals surface area (Å²) in [6.45, 7) is 2.52. The van der Waals surface area contributed by atoms with Gasteiger partial charge in [-0.3, -0.25) is 0 Å². The standard InChI is InChI=1S/C29H21FN6/c1-19-25(24-9-5-6-10-27(24)35(19)18-20-11-13-22(30)14-12-20)15-21(16-31)28-26(17-32)29(33)36(34-28)23-7-3-2-4-8-23/h2-15H,18,33H2,1H3. The molecule has 2 N–H and O–H groups in total. The van der Waals surface area contributed by atoms with Gasteiger partial charge in [0.05, 0.1) is 11.3 Å². The molecule has 0 spiro atoms. The van der Waals surface area contributed by atoms with Crippen LogP contribution in [0.5, 0.6) is 0 Å². The van der Waals surface area contributed by atoms with Gasteiger partial charge in [0.2, 0.25) is 0 Å². The quantitative estimate of drug-likeness (QED) is 0.325. The van der Waals surface area contributed by atoms with E-state index in [4.69, 9.17) is 5.73 Å². The van der Waals surface area contributed by atoms with Gasteiger partial charge in [0.25, 0.3) is 0 Å². The summed E-state index contributed by atoms with van der Waals surface area (Å²) in [5.74, 6) is -0.104. The van der Waals surface area contributed by atoms with Crippen LogP contribution in [0.15, 0.2) is 78.9 Å². The number of nitrogens with two attached hydrogens (primary N) is 1. The first-order chi connectivity index (χ1) is 17.5. The van der Waals surface area contributed by atoms with Gasteiger partial charge in [-0.05, 0) is 48.9 Å². The second-order valence-electron chi connectivity index (χ2n) is 8.37. The molecule has 2 heterocycles. The van der Waals surface area contributed by atoms with Gasteiger partial charge < -0.3 is 10.3 Å². The van der Waals surface area contributed by atoms with E-state index in [2.05, 4.69) is 21.8 Å².